The number of aromatic nitrogens is 1. The normalized spacial score (nSPS) is 17.0. The Balaban J connectivity index is 1.83. The van der Waals surface area contributed by atoms with Crippen molar-refractivity contribution in [3.05, 3.63) is 43.8 Å². The van der Waals surface area contributed by atoms with Crippen molar-refractivity contribution >= 4 is 52.2 Å². The zero-order valence-corrected chi connectivity index (χ0v) is 23.3. The van der Waals surface area contributed by atoms with E-state index in [0.29, 0.717) is 24.3 Å². The number of halogens is 3. The van der Waals surface area contributed by atoms with Crippen molar-refractivity contribution in [3.8, 4) is 6.07 Å². The summed E-state index contributed by atoms with van der Waals surface area (Å²) >= 11 is 0.785. The molecule has 220 valence electrons. The lowest BCUT2D eigenvalue weighted by atomic mass is 10.0. The standard InChI is InChI=1S/C26H30F3N7O4S/c1-3-36-24(40)20(41-25(36)18(12-30)23(39)33-15-26(27,28)29)13-32-16-7-6-8-17(11-16)34(2)21(37)14-35-10-5-4-9-19(35)22(31)38/h6-8,11,13,19,32H,3-5,9-10,14-15H2,1-2H3,(H2,31,38)(H,33,39)/b20-13+,25-18-. The molecule has 1 aromatic carbocycles. The highest BCUT2D eigenvalue weighted by atomic mass is 32.1. The molecule has 41 heavy (non-hydrogen) atoms. The number of primary amides is 1. The first-order chi connectivity index (χ1) is 19.4. The van der Waals surface area contributed by atoms with Gasteiger partial charge in [0.1, 0.15) is 21.8 Å². The molecule has 11 nitrogen and oxygen atoms in total. The Morgan fingerprint density at radius 2 is 2.02 bits per heavy atom. The SMILES string of the molecule is CCn1c(=O)/c(=C\Nc2cccc(N(C)C(=O)CN3CCCCC3C(N)=O)c2)s/c1=C(/C#N)C(=O)NCC(F)(F)F. The maximum atomic E-state index is 13.0. The summed E-state index contributed by atoms with van der Waals surface area (Å²) in [4.78, 5) is 53.1. The highest BCUT2D eigenvalue weighted by Crippen LogP contribution is 2.21. The van der Waals surface area contributed by atoms with Gasteiger partial charge in [-0.25, -0.2) is 0 Å². The minimum Gasteiger partial charge on any atom is -0.368 e. The van der Waals surface area contributed by atoms with Crippen molar-refractivity contribution in [1.82, 2.24) is 14.8 Å². The lowest BCUT2D eigenvalue weighted by molar-refractivity contribution is -0.135. The summed E-state index contributed by atoms with van der Waals surface area (Å²) in [5.41, 5.74) is 5.42. The number of hydrogen-bond donors (Lipinski definition) is 3. The number of anilines is 2. The number of nitriles is 1. The third-order valence-electron chi connectivity index (χ3n) is 6.48. The fraction of sp³-hybridized carbons (Fsp3) is 0.423. The van der Waals surface area contributed by atoms with Crippen LogP contribution in [0.25, 0.3) is 11.8 Å². The summed E-state index contributed by atoms with van der Waals surface area (Å²) in [5, 5.41) is 14.1. The van der Waals surface area contributed by atoms with Gasteiger partial charge >= 0.3 is 6.18 Å². The number of carbonyl (C=O) groups excluding carboxylic acids is 3. The van der Waals surface area contributed by atoms with E-state index in [1.165, 1.54) is 11.1 Å². The predicted octanol–water partition coefficient (Wildman–Crippen LogP) is 0.435. The van der Waals surface area contributed by atoms with Gasteiger partial charge in [-0.05, 0) is 44.5 Å². The number of piperidine rings is 1. The number of likely N-dealkylation sites (tertiary alicyclic amines) is 1. The van der Waals surface area contributed by atoms with E-state index in [1.54, 1.807) is 54.5 Å². The highest BCUT2D eigenvalue weighted by molar-refractivity contribution is 7.07. The smallest absolute Gasteiger partial charge is 0.368 e. The second kappa shape index (κ2) is 13.5. The molecule has 1 aliphatic rings. The van der Waals surface area contributed by atoms with Gasteiger partial charge in [0.15, 0.2) is 5.57 Å². The first-order valence-electron chi connectivity index (χ1n) is 12.7. The summed E-state index contributed by atoms with van der Waals surface area (Å²) < 4.78 is 38.7. The van der Waals surface area contributed by atoms with Crippen molar-refractivity contribution < 1.29 is 27.6 Å². The maximum Gasteiger partial charge on any atom is 0.405 e. The van der Waals surface area contributed by atoms with E-state index >= 15 is 0 Å². The topological polar surface area (TPSA) is 154 Å². The molecule has 2 aromatic rings. The number of amides is 3. The number of nitrogens with one attached hydrogen (secondary N) is 2. The summed E-state index contributed by atoms with van der Waals surface area (Å²) in [6.45, 7) is 0.680. The Morgan fingerprint density at radius 3 is 2.66 bits per heavy atom. The van der Waals surface area contributed by atoms with Gasteiger partial charge in [-0.15, -0.1) is 11.3 Å². The van der Waals surface area contributed by atoms with Gasteiger partial charge in [-0.1, -0.05) is 12.5 Å². The lowest BCUT2D eigenvalue weighted by Gasteiger charge is -2.34. The van der Waals surface area contributed by atoms with Crippen molar-refractivity contribution in [2.24, 2.45) is 5.73 Å². The van der Waals surface area contributed by atoms with Crippen LogP contribution in [0.4, 0.5) is 24.5 Å². The van der Waals surface area contributed by atoms with Gasteiger partial charge in [0.05, 0.1) is 12.6 Å². The van der Waals surface area contributed by atoms with Crippen LogP contribution in [0, 0.1) is 11.3 Å². The van der Waals surface area contributed by atoms with E-state index in [2.05, 4.69) is 5.32 Å². The van der Waals surface area contributed by atoms with Crippen molar-refractivity contribution in [1.29, 1.82) is 5.26 Å². The predicted molar refractivity (Wildman–Crippen MR) is 148 cm³/mol. The first-order valence-corrected chi connectivity index (χ1v) is 13.5. The van der Waals surface area contributed by atoms with E-state index in [1.807, 2.05) is 0 Å². The molecule has 1 atom stereocenters. The van der Waals surface area contributed by atoms with Crippen LogP contribution in [0.3, 0.4) is 0 Å². The second-order valence-corrected chi connectivity index (χ2v) is 10.3. The lowest BCUT2D eigenvalue weighted by Crippen LogP contribution is -2.51. The van der Waals surface area contributed by atoms with E-state index in [4.69, 9.17) is 5.73 Å². The van der Waals surface area contributed by atoms with Crippen molar-refractivity contribution in [2.45, 2.75) is 44.9 Å². The maximum absolute atomic E-state index is 13.0. The molecular weight excluding hydrogens is 563 g/mol. The number of benzene rings is 1. The summed E-state index contributed by atoms with van der Waals surface area (Å²) in [6, 6.07) is 7.88. The molecule has 15 heteroatoms. The Hall–Kier alpha value is -4.16. The molecule has 0 aliphatic carbocycles. The average Bonchev–Trinajstić information content (AvgIpc) is 3.25. The van der Waals surface area contributed by atoms with Gasteiger partial charge in [-0.2, -0.15) is 18.4 Å². The molecule has 4 N–H and O–H groups in total. The molecule has 0 radical (unpaired) electrons. The van der Waals surface area contributed by atoms with Crippen LogP contribution in [0.15, 0.2) is 29.1 Å². The monoisotopic (exact) mass is 593 g/mol. The third kappa shape index (κ3) is 7.95. The van der Waals surface area contributed by atoms with Gasteiger partial charge in [0, 0.05) is 31.2 Å². The Labute approximate surface area is 237 Å². The highest BCUT2D eigenvalue weighted by Gasteiger charge is 2.30. The number of carbonyl (C=O) groups is 3. The zero-order chi connectivity index (χ0) is 30.3. The van der Waals surface area contributed by atoms with Crippen molar-refractivity contribution in [2.75, 3.05) is 36.9 Å². The van der Waals surface area contributed by atoms with Crippen LogP contribution in [0.5, 0.6) is 0 Å². The first kappa shape index (κ1) is 31.4. The molecule has 2 heterocycles. The molecule has 1 fully saturated rings. The van der Waals surface area contributed by atoms with Crippen LogP contribution in [0.2, 0.25) is 0 Å². The molecular formula is C26H30F3N7O4S. The fourth-order valence-electron chi connectivity index (χ4n) is 4.34. The van der Waals surface area contributed by atoms with Crippen LogP contribution >= 0.6 is 11.3 Å². The van der Waals surface area contributed by atoms with E-state index in [9.17, 15) is 37.6 Å². The van der Waals surface area contributed by atoms with E-state index in [0.717, 1.165) is 28.7 Å². The number of thiazole rings is 1. The van der Waals surface area contributed by atoms with E-state index < -0.39 is 41.7 Å². The van der Waals surface area contributed by atoms with Gasteiger partial charge in [0.2, 0.25) is 11.8 Å². The number of likely N-dealkylation sites (N-methyl/N-ethyl adjacent to an activating group) is 1. The largest absolute Gasteiger partial charge is 0.405 e. The molecule has 1 aromatic heterocycles. The molecule has 1 aliphatic heterocycles. The molecule has 1 unspecified atom stereocenters. The molecule has 0 spiro atoms. The number of alkyl halides is 3. The molecule has 3 amide bonds. The van der Waals surface area contributed by atoms with E-state index in [-0.39, 0.29) is 28.2 Å². The van der Waals surface area contributed by atoms with Gasteiger partial charge < -0.3 is 21.3 Å². The Morgan fingerprint density at radius 1 is 1.29 bits per heavy atom. The summed E-state index contributed by atoms with van der Waals surface area (Å²) in [6.07, 6.45) is -0.957. The fourth-order valence-corrected chi connectivity index (χ4v) is 5.42. The summed E-state index contributed by atoms with van der Waals surface area (Å²) in [5.74, 6) is -1.93. The summed E-state index contributed by atoms with van der Waals surface area (Å²) in [7, 11) is 1.60. The number of rotatable bonds is 9. The number of nitrogens with two attached hydrogens (primary N) is 1. The van der Waals surface area contributed by atoms with Crippen LogP contribution < -0.4 is 36.0 Å². The minimum absolute atomic E-state index is 0.0245. The van der Waals surface area contributed by atoms with Crippen molar-refractivity contribution in [3.63, 3.8) is 0 Å². The second-order valence-electron chi connectivity index (χ2n) is 9.28. The molecule has 1 saturated heterocycles. The zero-order valence-electron chi connectivity index (χ0n) is 22.5. The molecule has 0 bridgehead atoms. The number of nitrogens with zero attached hydrogens (tertiary/aromatic N) is 4. The molecule has 3 rings (SSSR count). The van der Waals surface area contributed by atoms with Crippen LogP contribution in [-0.2, 0) is 20.9 Å². The number of hydrogen-bond acceptors (Lipinski definition) is 8. The Kier molecular flexibility index (Phi) is 10.3. The van der Waals surface area contributed by atoms with Crippen LogP contribution in [0.1, 0.15) is 26.2 Å². The van der Waals surface area contributed by atoms with Crippen LogP contribution in [-0.4, -0.2) is 66.1 Å². The minimum atomic E-state index is -4.66. The Bertz CT molecular complexity index is 1530. The quantitative estimate of drug-likeness (QED) is 0.381. The average molecular weight is 594 g/mol. The third-order valence-corrected chi connectivity index (χ3v) is 7.61. The molecule has 0 saturated carbocycles. The van der Waals surface area contributed by atoms with Gasteiger partial charge in [0.25, 0.3) is 11.5 Å². The van der Waals surface area contributed by atoms with Gasteiger partial charge in [-0.3, -0.25) is 28.6 Å².